The number of phenolic OH excluding ortho intramolecular Hbond substituents is 1. The van der Waals surface area contributed by atoms with Crippen LogP contribution < -0.4 is 5.43 Å². The van der Waals surface area contributed by atoms with E-state index in [0.29, 0.717) is 22.2 Å². The van der Waals surface area contributed by atoms with Crippen LogP contribution in [0.2, 0.25) is 15.2 Å². The molecule has 3 aromatic rings. The molecule has 0 aliphatic carbocycles. The van der Waals surface area contributed by atoms with Gasteiger partial charge in [0.05, 0.1) is 11.2 Å². The summed E-state index contributed by atoms with van der Waals surface area (Å²) in [5.74, 6) is 0.768. The first-order valence-corrected chi connectivity index (χ1v) is 8.23. The highest BCUT2D eigenvalue weighted by molar-refractivity contribution is 6.36. The predicted molar refractivity (Wildman–Crippen MR) is 102 cm³/mol. The van der Waals surface area contributed by atoms with Crippen LogP contribution >= 0.6 is 34.8 Å². The summed E-state index contributed by atoms with van der Waals surface area (Å²) in [5, 5.41) is 14.7. The molecule has 0 spiro atoms. The number of phenols is 1. The molecule has 2 N–H and O–H groups in total. The Bertz CT molecular complexity index is 933. The van der Waals surface area contributed by atoms with Crippen molar-refractivity contribution >= 4 is 46.8 Å². The van der Waals surface area contributed by atoms with E-state index >= 15 is 0 Å². The molecule has 1 aromatic heterocycles. The van der Waals surface area contributed by atoms with Crippen LogP contribution in [0.4, 0.5) is 5.82 Å². The molecule has 0 bridgehead atoms. The molecule has 0 aliphatic rings. The standard InChI is InChI=1S/C17H11Cl3N4O/c18-12-6-11(16(25)13(19)7-12)9-21-24-15-8-14(20)22-17(23-15)10-4-2-1-3-5-10/h1-9,25H,(H,22,23,24). The number of halogens is 3. The minimum absolute atomic E-state index is 0.109. The third kappa shape index (κ3) is 4.39. The third-order valence-electron chi connectivity index (χ3n) is 3.17. The fourth-order valence-electron chi connectivity index (χ4n) is 2.04. The van der Waals surface area contributed by atoms with Gasteiger partial charge in [0.15, 0.2) is 11.6 Å². The second-order valence-corrected chi connectivity index (χ2v) is 6.19. The quantitative estimate of drug-likeness (QED) is 0.360. The Hall–Kier alpha value is -2.34. The lowest BCUT2D eigenvalue weighted by molar-refractivity contribution is 0.475. The molecule has 126 valence electrons. The number of rotatable bonds is 4. The van der Waals surface area contributed by atoms with Gasteiger partial charge in [-0.2, -0.15) is 5.10 Å². The van der Waals surface area contributed by atoms with Gasteiger partial charge in [0.25, 0.3) is 0 Å². The first-order chi connectivity index (χ1) is 12.0. The number of hydrazone groups is 1. The van der Waals surface area contributed by atoms with E-state index in [1.165, 1.54) is 24.4 Å². The highest BCUT2D eigenvalue weighted by atomic mass is 35.5. The Labute approximate surface area is 158 Å². The second kappa shape index (κ2) is 7.70. The van der Waals surface area contributed by atoms with Crippen LogP contribution in [-0.4, -0.2) is 21.3 Å². The van der Waals surface area contributed by atoms with Crippen LogP contribution in [0.5, 0.6) is 5.75 Å². The lowest BCUT2D eigenvalue weighted by Gasteiger charge is -2.05. The van der Waals surface area contributed by atoms with E-state index < -0.39 is 0 Å². The molecule has 0 fully saturated rings. The number of nitrogens with one attached hydrogen (secondary N) is 1. The van der Waals surface area contributed by atoms with Crippen molar-refractivity contribution in [3.05, 3.63) is 69.3 Å². The van der Waals surface area contributed by atoms with E-state index in [0.717, 1.165) is 5.56 Å². The zero-order valence-electron chi connectivity index (χ0n) is 12.6. The van der Waals surface area contributed by atoms with Gasteiger partial charge in [0.2, 0.25) is 0 Å². The van der Waals surface area contributed by atoms with E-state index in [1.807, 2.05) is 30.3 Å². The van der Waals surface area contributed by atoms with Crippen LogP contribution in [0.1, 0.15) is 5.56 Å². The van der Waals surface area contributed by atoms with Gasteiger partial charge in [0, 0.05) is 22.2 Å². The molecule has 0 unspecified atom stereocenters. The molecule has 0 saturated heterocycles. The average molecular weight is 394 g/mol. The van der Waals surface area contributed by atoms with Gasteiger partial charge in [-0.05, 0) is 12.1 Å². The van der Waals surface area contributed by atoms with Crippen LogP contribution in [-0.2, 0) is 0 Å². The Morgan fingerprint density at radius 3 is 2.52 bits per heavy atom. The van der Waals surface area contributed by atoms with Crippen molar-refractivity contribution in [3.8, 4) is 17.1 Å². The van der Waals surface area contributed by atoms with Crippen molar-refractivity contribution in [1.29, 1.82) is 0 Å². The molecule has 5 nitrogen and oxygen atoms in total. The smallest absolute Gasteiger partial charge is 0.163 e. The van der Waals surface area contributed by atoms with E-state index in [4.69, 9.17) is 34.8 Å². The number of hydrogen-bond acceptors (Lipinski definition) is 5. The maximum absolute atomic E-state index is 9.90. The van der Waals surface area contributed by atoms with Gasteiger partial charge in [-0.25, -0.2) is 9.97 Å². The molecule has 0 saturated carbocycles. The molecule has 1 heterocycles. The summed E-state index contributed by atoms with van der Waals surface area (Å²) in [6.07, 6.45) is 1.38. The minimum Gasteiger partial charge on any atom is -0.506 e. The lowest BCUT2D eigenvalue weighted by atomic mass is 10.2. The monoisotopic (exact) mass is 392 g/mol. The topological polar surface area (TPSA) is 70.4 Å². The first kappa shape index (κ1) is 17.5. The summed E-state index contributed by atoms with van der Waals surface area (Å²) in [5.41, 5.74) is 3.95. The van der Waals surface area contributed by atoms with E-state index in [-0.39, 0.29) is 15.9 Å². The number of aromatic nitrogens is 2. The van der Waals surface area contributed by atoms with Gasteiger partial charge in [-0.15, -0.1) is 0 Å². The van der Waals surface area contributed by atoms with Crippen molar-refractivity contribution < 1.29 is 5.11 Å². The maximum Gasteiger partial charge on any atom is 0.163 e. The SMILES string of the molecule is Oc1c(Cl)cc(Cl)cc1C=NNc1cc(Cl)nc(-c2ccccc2)n1. The molecule has 0 amide bonds. The van der Waals surface area contributed by atoms with Gasteiger partial charge >= 0.3 is 0 Å². The summed E-state index contributed by atoms with van der Waals surface area (Å²) in [6.45, 7) is 0. The molecule has 0 radical (unpaired) electrons. The van der Waals surface area contributed by atoms with Gasteiger partial charge in [-0.1, -0.05) is 65.1 Å². The molecular weight excluding hydrogens is 383 g/mol. The summed E-state index contributed by atoms with van der Waals surface area (Å²) in [7, 11) is 0. The van der Waals surface area contributed by atoms with E-state index in [9.17, 15) is 5.11 Å². The van der Waals surface area contributed by atoms with Crippen molar-refractivity contribution in [2.45, 2.75) is 0 Å². The molecular formula is C17H11Cl3N4O. The molecule has 25 heavy (non-hydrogen) atoms. The maximum atomic E-state index is 9.90. The van der Waals surface area contributed by atoms with Crippen molar-refractivity contribution in [3.63, 3.8) is 0 Å². The number of anilines is 1. The number of benzene rings is 2. The predicted octanol–water partition coefficient (Wildman–Crippen LogP) is 5.26. The Kier molecular flexibility index (Phi) is 5.38. The van der Waals surface area contributed by atoms with Crippen molar-refractivity contribution in [1.82, 2.24) is 9.97 Å². The third-order valence-corrected chi connectivity index (χ3v) is 3.87. The van der Waals surface area contributed by atoms with E-state index in [1.54, 1.807) is 0 Å². The van der Waals surface area contributed by atoms with Crippen molar-refractivity contribution in [2.75, 3.05) is 5.43 Å². The zero-order chi connectivity index (χ0) is 17.8. The van der Waals surface area contributed by atoms with Crippen LogP contribution in [0, 0.1) is 0 Å². The fraction of sp³-hybridized carbons (Fsp3) is 0. The summed E-state index contributed by atoms with van der Waals surface area (Å²) in [4.78, 5) is 8.55. The molecule has 0 atom stereocenters. The summed E-state index contributed by atoms with van der Waals surface area (Å²) >= 11 is 17.8. The molecule has 0 aliphatic heterocycles. The van der Waals surface area contributed by atoms with Crippen LogP contribution in [0.25, 0.3) is 11.4 Å². The highest BCUT2D eigenvalue weighted by Crippen LogP contribution is 2.30. The number of nitrogens with zero attached hydrogens (tertiary/aromatic N) is 3. The fourth-order valence-corrected chi connectivity index (χ4v) is 2.74. The van der Waals surface area contributed by atoms with Crippen LogP contribution in [0.3, 0.4) is 0 Å². The van der Waals surface area contributed by atoms with Crippen molar-refractivity contribution in [2.24, 2.45) is 5.10 Å². The Balaban J connectivity index is 1.83. The number of hydrogen-bond donors (Lipinski definition) is 2. The first-order valence-electron chi connectivity index (χ1n) is 7.10. The molecule has 3 rings (SSSR count). The lowest BCUT2D eigenvalue weighted by Crippen LogP contribution is -1.98. The summed E-state index contributed by atoms with van der Waals surface area (Å²) in [6, 6.07) is 14.0. The van der Waals surface area contributed by atoms with Gasteiger partial charge in [-0.3, -0.25) is 5.43 Å². The second-order valence-electron chi connectivity index (χ2n) is 4.96. The normalized spacial score (nSPS) is 11.0. The summed E-state index contributed by atoms with van der Waals surface area (Å²) < 4.78 is 0. The highest BCUT2D eigenvalue weighted by Gasteiger charge is 2.07. The Morgan fingerprint density at radius 1 is 1.00 bits per heavy atom. The van der Waals surface area contributed by atoms with Gasteiger partial charge < -0.3 is 5.11 Å². The minimum atomic E-state index is -0.109. The van der Waals surface area contributed by atoms with Crippen LogP contribution in [0.15, 0.2) is 53.6 Å². The largest absolute Gasteiger partial charge is 0.506 e. The molecule has 8 heteroatoms. The molecule has 2 aromatic carbocycles. The average Bonchev–Trinajstić information content (AvgIpc) is 2.59. The number of aromatic hydroxyl groups is 1. The van der Waals surface area contributed by atoms with E-state index in [2.05, 4.69) is 20.5 Å². The Morgan fingerprint density at radius 2 is 1.76 bits per heavy atom. The zero-order valence-corrected chi connectivity index (χ0v) is 14.9. The van der Waals surface area contributed by atoms with Gasteiger partial charge in [0.1, 0.15) is 10.9 Å².